The molecule has 48 valence electrons. The molecule has 0 aliphatic heterocycles. The van der Waals surface area contributed by atoms with Gasteiger partial charge in [-0.3, -0.25) is 4.79 Å². The average Bonchev–Trinajstić information content (AvgIpc) is 1.90. The molecule has 0 atom stereocenters. The number of allylic oxidation sites excluding steroid dienone is 3. The van der Waals surface area contributed by atoms with Crippen molar-refractivity contribution in [3.05, 3.63) is 35.5 Å². The van der Waals surface area contributed by atoms with Crippen molar-refractivity contribution < 1.29 is 9.90 Å². The molecule has 0 saturated carbocycles. The third-order valence-electron chi connectivity index (χ3n) is 1.37. The third-order valence-corrected chi connectivity index (χ3v) is 1.37. The van der Waals surface area contributed by atoms with Gasteiger partial charge in [-0.1, -0.05) is 12.7 Å². The van der Waals surface area contributed by atoms with Gasteiger partial charge in [0, 0.05) is 0 Å². The molecule has 10 heavy (non-hydrogen) atoms. The Balaban J connectivity index is 3.10. The highest BCUT2D eigenvalue weighted by atomic mass is 16.3. The van der Waals surface area contributed by atoms with Crippen LogP contribution in [-0.2, 0) is 4.79 Å². The maximum absolute atomic E-state index is 10.8. The maximum atomic E-state index is 10.8. The Morgan fingerprint density at radius 2 is 2.20 bits per heavy atom. The highest BCUT2D eigenvalue weighted by Gasteiger charge is 2.29. The van der Waals surface area contributed by atoms with Crippen LogP contribution in [0.4, 0.5) is 0 Å². The standard InChI is InChI=1S/C7H5BO2/c1-2-4-6(9)5(3-8)7(4)10/h2-3,9H,1H2. The van der Waals surface area contributed by atoms with Crippen molar-refractivity contribution in [3.63, 3.8) is 0 Å². The van der Waals surface area contributed by atoms with E-state index in [0.29, 0.717) is 0 Å². The molecule has 0 aromatic rings. The van der Waals surface area contributed by atoms with E-state index in [2.05, 4.69) is 6.58 Å². The molecule has 2 nitrogen and oxygen atoms in total. The number of aliphatic hydroxyl groups excluding tert-OH is 1. The Labute approximate surface area is 60.0 Å². The molecule has 2 radical (unpaired) electrons. The summed E-state index contributed by atoms with van der Waals surface area (Å²) in [7, 11) is 5.02. The summed E-state index contributed by atoms with van der Waals surface area (Å²) in [5.74, 6) is 0.794. The van der Waals surface area contributed by atoms with E-state index in [-0.39, 0.29) is 22.7 Å². The van der Waals surface area contributed by atoms with E-state index >= 15 is 0 Å². The van der Waals surface area contributed by atoms with Gasteiger partial charge < -0.3 is 5.11 Å². The van der Waals surface area contributed by atoms with E-state index in [9.17, 15) is 4.79 Å². The van der Waals surface area contributed by atoms with Gasteiger partial charge in [-0.25, -0.2) is 0 Å². The summed E-state index contributed by atoms with van der Waals surface area (Å²) in [5, 5.41) is 8.98. The number of carbonyl (C=O) groups excluding carboxylic acids is 1. The van der Waals surface area contributed by atoms with Crippen LogP contribution >= 0.6 is 0 Å². The van der Waals surface area contributed by atoms with Crippen molar-refractivity contribution in [1.82, 2.24) is 0 Å². The lowest BCUT2D eigenvalue weighted by molar-refractivity contribution is -0.113. The Kier molecular flexibility index (Phi) is 1.49. The number of ketones is 1. The van der Waals surface area contributed by atoms with E-state index in [1.165, 1.54) is 6.08 Å². The van der Waals surface area contributed by atoms with Gasteiger partial charge in [0.25, 0.3) is 0 Å². The molecule has 3 heteroatoms. The molecule has 0 aromatic carbocycles. The molecule has 1 aliphatic carbocycles. The van der Waals surface area contributed by atoms with E-state index < -0.39 is 0 Å². The average molecular weight is 132 g/mol. The van der Waals surface area contributed by atoms with Crippen molar-refractivity contribution >= 4 is 13.6 Å². The third kappa shape index (κ3) is 0.636. The Morgan fingerprint density at radius 3 is 2.50 bits per heavy atom. The predicted octanol–water partition coefficient (Wildman–Crippen LogP) is 0.620. The summed E-state index contributed by atoms with van der Waals surface area (Å²) in [6.07, 6.45) is 1.31. The quantitative estimate of drug-likeness (QED) is 0.419. The molecule has 0 unspecified atom stereocenters. The summed E-state index contributed by atoms with van der Waals surface area (Å²) < 4.78 is 0. The molecular formula is C7H5BO2. The van der Waals surface area contributed by atoms with E-state index in [1.54, 1.807) is 0 Å². The maximum Gasteiger partial charge on any atom is 0.199 e. The Morgan fingerprint density at radius 1 is 1.60 bits per heavy atom. The number of hydrogen-bond donors (Lipinski definition) is 1. The second-order valence-electron chi connectivity index (χ2n) is 1.88. The molecule has 0 heterocycles. The van der Waals surface area contributed by atoms with Crippen LogP contribution in [0.2, 0.25) is 0 Å². The first-order chi connectivity index (χ1) is 4.72. The van der Waals surface area contributed by atoms with Gasteiger partial charge in [0.1, 0.15) is 13.6 Å². The number of hydrogen-bond acceptors (Lipinski definition) is 2. The van der Waals surface area contributed by atoms with Crippen molar-refractivity contribution in [2.75, 3.05) is 0 Å². The molecule has 0 amide bonds. The van der Waals surface area contributed by atoms with Crippen molar-refractivity contribution in [2.45, 2.75) is 0 Å². The Bertz CT molecular complexity index is 261. The first-order valence-corrected chi connectivity index (χ1v) is 2.75. The summed E-state index contributed by atoms with van der Waals surface area (Å²) in [6, 6.07) is 0. The van der Waals surface area contributed by atoms with Crippen LogP contribution in [0.3, 0.4) is 0 Å². The number of Topliss-reactive ketones (excluding diaryl/α,β-unsaturated/α-hetero) is 1. The van der Waals surface area contributed by atoms with Gasteiger partial charge in [0.2, 0.25) is 0 Å². The molecular weight excluding hydrogens is 127 g/mol. The predicted molar refractivity (Wildman–Crippen MR) is 38.7 cm³/mol. The molecule has 0 saturated heterocycles. The first-order valence-electron chi connectivity index (χ1n) is 2.75. The fourth-order valence-electron chi connectivity index (χ4n) is 0.787. The van der Waals surface area contributed by atoms with Crippen LogP contribution in [-0.4, -0.2) is 18.7 Å². The zero-order chi connectivity index (χ0) is 7.72. The summed E-state index contributed by atoms with van der Waals surface area (Å²) in [4.78, 5) is 10.8. The number of aliphatic hydroxyl groups is 1. The van der Waals surface area contributed by atoms with Gasteiger partial charge in [0.05, 0.1) is 11.1 Å². The first kappa shape index (κ1) is 6.87. The van der Waals surface area contributed by atoms with Crippen LogP contribution in [0.1, 0.15) is 0 Å². The van der Waals surface area contributed by atoms with Crippen LogP contribution < -0.4 is 0 Å². The van der Waals surface area contributed by atoms with Gasteiger partial charge in [-0.05, 0) is 0 Å². The molecule has 1 rings (SSSR count). The van der Waals surface area contributed by atoms with Crippen molar-refractivity contribution in [2.24, 2.45) is 0 Å². The van der Waals surface area contributed by atoms with E-state index in [4.69, 9.17) is 13.0 Å². The molecule has 1 N–H and O–H groups in total. The fraction of sp³-hybridized carbons (Fsp3) is 0. The lowest BCUT2D eigenvalue weighted by Crippen LogP contribution is -2.20. The zero-order valence-corrected chi connectivity index (χ0v) is 5.29. The minimum absolute atomic E-state index is 0.0532. The smallest absolute Gasteiger partial charge is 0.199 e. The van der Waals surface area contributed by atoms with Gasteiger partial charge in [-0.2, -0.15) is 0 Å². The molecule has 1 aliphatic rings. The number of carbonyl (C=O) groups is 1. The summed E-state index contributed by atoms with van der Waals surface area (Å²) in [5.41, 5.74) is 0.423. The topological polar surface area (TPSA) is 37.3 Å². The minimum Gasteiger partial charge on any atom is -0.506 e. The van der Waals surface area contributed by atoms with Crippen LogP contribution in [0.15, 0.2) is 35.5 Å². The Hall–Kier alpha value is -1.25. The van der Waals surface area contributed by atoms with Gasteiger partial charge >= 0.3 is 0 Å². The van der Waals surface area contributed by atoms with Crippen molar-refractivity contribution in [3.8, 4) is 0 Å². The molecule has 0 aromatic heterocycles. The second kappa shape index (κ2) is 2.18. The fourth-order valence-corrected chi connectivity index (χ4v) is 0.787. The molecule has 0 fully saturated rings. The largest absolute Gasteiger partial charge is 0.506 e. The summed E-state index contributed by atoms with van der Waals surface area (Å²) >= 11 is 0. The number of rotatable bonds is 1. The van der Waals surface area contributed by atoms with Crippen LogP contribution in [0, 0.1) is 0 Å². The highest BCUT2D eigenvalue weighted by molar-refractivity contribution is 6.28. The zero-order valence-electron chi connectivity index (χ0n) is 5.29. The van der Waals surface area contributed by atoms with Gasteiger partial charge in [0.15, 0.2) is 5.78 Å². The monoisotopic (exact) mass is 132 g/mol. The molecule has 0 bridgehead atoms. The van der Waals surface area contributed by atoms with Crippen LogP contribution in [0.5, 0.6) is 0 Å². The second-order valence-corrected chi connectivity index (χ2v) is 1.88. The lowest BCUT2D eigenvalue weighted by atomic mass is 9.84. The van der Waals surface area contributed by atoms with E-state index in [0.717, 1.165) is 5.98 Å². The minimum atomic E-state index is -0.241. The normalized spacial score (nSPS) is 21.2. The van der Waals surface area contributed by atoms with Crippen molar-refractivity contribution in [1.29, 1.82) is 0 Å². The SMILES string of the molecule is [B]C=C1C(=O)C(C=C)=C1O. The highest BCUT2D eigenvalue weighted by Crippen LogP contribution is 2.27. The van der Waals surface area contributed by atoms with Gasteiger partial charge in [-0.15, -0.1) is 5.98 Å². The van der Waals surface area contributed by atoms with E-state index in [1.807, 2.05) is 0 Å². The lowest BCUT2D eigenvalue weighted by Gasteiger charge is -2.17. The van der Waals surface area contributed by atoms with Crippen LogP contribution in [0.25, 0.3) is 0 Å². The molecule has 0 spiro atoms. The summed E-state index contributed by atoms with van der Waals surface area (Å²) in [6.45, 7) is 3.35.